The van der Waals surface area contributed by atoms with E-state index in [-0.39, 0.29) is 17.7 Å². The van der Waals surface area contributed by atoms with E-state index in [1.165, 1.54) is 13.0 Å². The standard InChI is InChI=1S/C17H23N3O3/c1-4-16(22)19-15-8-6-14(7-9-15)12-17(23)20(3)11-5-10-18-13(2)21/h4,6-9H,1,5,10-12H2,2-3H3,(H,18,21)(H,19,22). The molecule has 3 amide bonds. The van der Waals surface area contributed by atoms with E-state index in [0.717, 1.165) is 5.56 Å². The highest BCUT2D eigenvalue weighted by Gasteiger charge is 2.09. The van der Waals surface area contributed by atoms with Crippen molar-refractivity contribution in [3.8, 4) is 0 Å². The number of carbonyl (C=O) groups is 3. The van der Waals surface area contributed by atoms with Gasteiger partial charge in [0.25, 0.3) is 0 Å². The van der Waals surface area contributed by atoms with Gasteiger partial charge in [0.1, 0.15) is 0 Å². The van der Waals surface area contributed by atoms with Crippen LogP contribution in [-0.2, 0) is 20.8 Å². The Morgan fingerprint density at radius 2 is 1.87 bits per heavy atom. The molecular formula is C17H23N3O3. The fraction of sp³-hybridized carbons (Fsp3) is 0.353. The first-order chi connectivity index (χ1) is 10.9. The smallest absolute Gasteiger partial charge is 0.247 e. The molecule has 2 N–H and O–H groups in total. The van der Waals surface area contributed by atoms with E-state index in [1.807, 2.05) is 12.1 Å². The van der Waals surface area contributed by atoms with E-state index < -0.39 is 0 Å². The molecule has 124 valence electrons. The van der Waals surface area contributed by atoms with E-state index in [0.29, 0.717) is 31.6 Å². The Bertz CT molecular complexity index is 567. The van der Waals surface area contributed by atoms with Gasteiger partial charge >= 0.3 is 0 Å². The molecule has 0 saturated carbocycles. The second kappa shape index (κ2) is 9.40. The third-order valence-electron chi connectivity index (χ3n) is 3.23. The van der Waals surface area contributed by atoms with Crippen molar-refractivity contribution in [1.82, 2.24) is 10.2 Å². The van der Waals surface area contributed by atoms with Crippen LogP contribution in [0.4, 0.5) is 5.69 Å². The first-order valence-electron chi connectivity index (χ1n) is 7.43. The van der Waals surface area contributed by atoms with Gasteiger partial charge in [-0.25, -0.2) is 0 Å². The summed E-state index contributed by atoms with van der Waals surface area (Å²) >= 11 is 0. The highest BCUT2D eigenvalue weighted by molar-refractivity contribution is 5.98. The number of nitrogens with zero attached hydrogens (tertiary/aromatic N) is 1. The Hall–Kier alpha value is -2.63. The van der Waals surface area contributed by atoms with E-state index in [4.69, 9.17) is 0 Å². The quantitative estimate of drug-likeness (QED) is 0.561. The van der Waals surface area contributed by atoms with E-state index >= 15 is 0 Å². The molecule has 1 rings (SSSR count). The first kappa shape index (κ1) is 18.4. The summed E-state index contributed by atoms with van der Waals surface area (Å²) in [6.07, 6.45) is 2.22. The number of anilines is 1. The van der Waals surface area contributed by atoms with Crippen molar-refractivity contribution in [3.05, 3.63) is 42.5 Å². The molecule has 0 aliphatic heterocycles. The normalized spacial score (nSPS) is 9.83. The number of hydrogen-bond acceptors (Lipinski definition) is 3. The summed E-state index contributed by atoms with van der Waals surface area (Å²) in [6, 6.07) is 7.12. The number of likely N-dealkylation sites (N-methyl/N-ethyl adjacent to an activating group) is 1. The zero-order valence-corrected chi connectivity index (χ0v) is 13.6. The maximum Gasteiger partial charge on any atom is 0.247 e. The van der Waals surface area contributed by atoms with Crippen molar-refractivity contribution in [2.24, 2.45) is 0 Å². The number of benzene rings is 1. The lowest BCUT2D eigenvalue weighted by Gasteiger charge is -2.17. The molecule has 0 unspecified atom stereocenters. The van der Waals surface area contributed by atoms with Crippen LogP contribution < -0.4 is 10.6 Å². The molecule has 1 aromatic carbocycles. The lowest BCUT2D eigenvalue weighted by atomic mass is 10.1. The van der Waals surface area contributed by atoms with Crippen LogP contribution in [0.15, 0.2) is 36.9 Å². The highest BCUT2D eigenvalue weighted by atomic mass is 16.2. The summed E-state index contributed by atoms with van der Waals surface area (Å²) in [5.74, 6) is -0.328. The van der Waals surface area contributed by atoms with Gasteiger partial charge in [-0.15, -0.1) is 0 Å². The lowest BCUT2D eigenvalue weighted by Crippen LogP contribution is -2.31. The molecule has 0 aliphatic rings. The second-order valence-electron chi connectivity index (χ2n) is 5.22. The van der Waals surface area contributed by atoms with Crippen molar-refractivity contribution in [1.29, 1.82) is 0 Å². The summed E-state index contributed by atoms with van der Waals surface area (Å²) in [5, 5.41) is 5.35. The molecule has 0 aliphatic carbocycles. The fourth-order valence-corrected chi connectivity index (χ4v) is 1.91. The molecule has 6 nitrogen and oxygen atoms in total. The predicted molar refractivity (Wildman–Crippen MR) is 89.9 cm³/mol. The molecule has 0 aromatic heterocycles. The van der Waals surface area contributed by atoms with Crippen molar-refractivity contribution in [2.45, 2.75) is 19.8 Å². The van der Waals surface area contributed by atoms with Gasteiger partial charge in [-0.3, -0.25) is 14.4 Å². The van der Waals surface area contributed by atoms with Crippen LogP contribution in [0.1, 0.15) is 18.9 Å². The summed E-state index contributed by atoms with van der Waals surface area (Å²) in [4.78, 5) is 35.7. The average Bonchev–Trinajstić information content (AvgIpc) is 2.52. The maximum absolute atomic E-state index is 12.1. The fourth-order valence-electron chi connectivity index (χ4n) is 1.91. The van der Waals surface area contributed by atoms with Crippen LogP contribution in [0.2, 0.25) is 0 Å². The lowest BCUT2D eigenvalue weighted by molar-refractivity contribution is -0.129. The van der Waals surface area contributed by atoms with Gasteiger partial charge in [0.2, 0.25) is 17.7 Å². The molecule has 6 heteroatoms. The molecule has 0 radical (unpaired) electrons. The topological polar surface area (TPSA) is 78.5 Å². The minimum Gasteiger partial charge on any atom is -0.356 e. The Labute approximate surface area is 136 Å². The van der Waals surface area contributed by atoms with Crippen LogP contribution in [0.3, 0.4) is 0 Å². The molecule has 1 aromatic rings. The van der Waals surface area contributed by atoms with Crippen LogP contribution in [-0.4, -0.2) is 42.8 Å². The SMILES string of the molecule is C=CC(=O)Nc1ccc(CC(=O)N(C)CCCNC(C)=O)cc1. The van der Waals surface area contributed by atoms with Gasteiger partial charge in [-0.05, 0) is 30.2 Å². The summed E-state index contributed by atoms with van der Waals surface area (Å²) < 4.78 is 0. The maximum atomic E-state index is 12.1. The zero-order chi connectivity index (χ0) is 17.2. The van der Waals surface area contributed by atoms with Gasteiger partial charge < -0.3 is 15.5 Å². The molecule has 0 atom stereocenters. The monoisotopic (exact) mass is 317 g/mol. The predicted octanol–water partition coefficient (Wildman–Crippen LogP) is 1.34. The van der Waals surface area contributed by atoms with Crippen molar-refractivity contribution < 1.29 is 14.4 Å². The highest BCUT2D eigenvalue weighted by Crippen LogP contribution is 2.11. The van der Waals surface area contributed by atoms with Crippen molar-refractivity contribution >= 4 is 23.4 Å². The number of nitrogens with one attached hydrogen (secondary N) is 2. The Morgan fingerprint density at radius 3 is 2.43 bits per heavy atom. The molecule has 23 heavy (non-hydrogen) atoms. The zero-order valence-electron chi connectivity index (χ0n) is 13.6. The third kappa shape index (κ3) is 7.26. The number of amides is 3. The molecule has 0 fully saturated rings. The molecule has 0 spiro atoms. The molecule has 0 saturated heterocycles. The summed E-state index contributed by atoms with van der Waals surface area (Å²) in [5.41, 5.74) is 1.54. The first-order valence-corrected chi connectivity index (χ1v) is 7.43. The Kier molecular flexibility index (Phi) is 7.53. The van der Waals surface area contributed by atoms with Crippen molar-refractivity contribution in [2.75, 3.05) is 25.5 Å². The summed E-state index contributed by atoms with van der Waals surface area (Å²) in [7, 11) is 1.74. The molecule has 0 bridgehead atoms. The van der Waals surface area contributed by atoms with Crippen LogP contribution >= 0.6 is 0 Å². The number of carbonyl (C=O) groups excluding carboxylic acids is 3. The van der Waals surface area contributed by atoms with Gasteiger partial charge in [0.15, 0.2) is 0 Å². The van der Waals surface area contributed by atoms with Crippen LogP contribution in [0, 0.1) is 0 Å². The van der Waals surface area contributed by atoms with E-state index in [2.05, 4.69) is 17.2 Å². The Balaban J connectivity index is 2.42. The minimum atomic E-state index is -0.271. The van der Waals surface area contributed by atoms with Gasteiger partial charge in [-0.2, -0.15) is 0 Å². The van der Waals surface area contributed by atoms with Gasteiger partial charge in [-0.1, -0.05) is 18.7 Å². The van der Waals surface area contributed by atoms with E-state index in [9.17, 15) is 14.4 Å². The number of rotatable bonds is 8. The van der Waals surface area contributed by atoms with Gasteiger partial charge in [0, 0.05) is 32.7 Å². The number of hydrogen-bond donors (Lipinski definition) is 2. The second-order valence-corrected chi connectivity index (χ2v) is 5.22. The van der Waals surface area contributed by atoms with Crippen molar-refractivity contribution in [3.63, 3.8) is 0 Å². The van der Waals surface area contributed by atoms with Crippen LogP contribution in [0.5, 0.6) is 0 Å². The minimum absolute atomic E-state index is 0.00991. The third-order valence-corrected chi connectivity index (χ3v) is 3.23. The largest absolute Gasteiger partial charge is 0.356 e. The van der Waals surface area contributed by atoms with E-state index in [1.54, 1.807) is 24.1 Å². The average molecular weight is 317 g/mol. The van der Waals surface area contributed by atoms with Gasteiger partial charge in [0.05, 0.1) is 6.42 Å². The van der Waals surface area contributed by atoms with Crippen LogP contribution in [0.25, 0.3) is 0 Å². The molecule has 0 heterocycles. The molecular weight excluding hydrogens is 294 g/mol. The Morgan fingerprint density at radius 1 is 1.22 bits per heavy atom. The summed E-state index contributed by atoms with van der Waals surface area (Å²) in [6.45, 7) is 6.01.